The summed E-state index contributed by atoms with van der Waals surface area (Å²) in [5, 5.41) is 6.03. The highest BCUT2D eigenvalue weighted by Crippen LogP contribution is 2.18. The third-order valence-electron chi connectivity index (χ3n) is 5.47. The van der Waals surface area contributed by atoms with Crippen molar-refractivity contribution in [3.8, 4) is 5.75 Å². The van der Waals surface area contributed by atoms with Crippen LogP contribution in [0.5, 0.6) is 5.75 Å². The van der Waals surface area contributed by atoms with E-state index in [1.807, 2.05) is 53.4 Å². The third-order valence-corrected chi connectivity index (χ3v) is 5.47. The zero-order valence-electron chi connectivity index (χ0n) is 21.1. The fourth-order valence-electron chi connectivity index (χ4n) is 3.75. The van der Waals surface area contributed by atoms with Crippen LogP contribution in [0.25, 0.3) is 0 Å². The Bertz CT molecular complexity index is 879. The van der Waals surface area contributed by atoms with Crippen molar-refractivity contribution in [2.24, 2.45) is 0 Å². The molecule has 2 aromatic rings. The second-order valence-electron chi connectivity index (χ2n) is 8.57. The van der Waals surface area contributed by atoms with Crippen molar-refractivity contribution >= 4 is 23.2 Å². The van der Waals surface area contributed by atoms with E-state index >= 15 is 0 Å². The molecule has 2 rings (SSSR count). The van der Waals surface area contributed by atoms with Gasteiger partial charge in [0.1, 0.15) is 5.75 Å². The van der Waals surface area contributed by atoms with Gasteiger partial charge in [0.05, 0.1) is 13.2 Å². The number of nitrogens with zero attached hydrogens (tertiary/aromatic N) is 1. The van der Waals surface area contributed by atoms with Gasteiger partial charge in [0.25, 0.3) is 5.91 Å². The van der Waals surface area contributed by atoms with Crippen molar-refractivity contribution in [1.82, 2.24) is 4.90 Å². The summed E-state index contributed by atoms with van der Waals surface area (Å²) >= 11 is 0. The number of amides is 2. The van der Waals surface area contributed by atoms with E-state index in [1.165, 1.54) is 25.7 Å². The third kappa shape index (κ3) is 9.86. The van der Waals surface area contributed by atoms with Crippen LogP contribution in [0.2, 0.25) is 0 Å². The molecule has 0 aliphatic carbocycles. The van der Waals surface area contributed by atoms with Crippen molar-refractivity contribution in [3.05, 3.63) is 54.1 Å². The van der Waals surface area contributed by atoms with Crippen LogP contribution in [0.4, 0.5) is 11.4 Å². The number of ether oxygens (including phenoxy) is 1. The molecule has 0 radical (unpaired) electrons. The summed E-state index contributed by atoms with van der Waals surface area (Å²) in [6.07, 6.45) is 7.82. The first-order valence-corrected chi connectivity index (χ1v) is 12.7. The Morgan fingerprint density at radius 3 is 2.26 bits per heavy atom. The zero-order chi connectivity index (χ0) is 24.6. The van der Waals surface area contributed by atoms with Gasteiger partial charge in [-0.15, -0.1) is 0 Å². The van der Waals surface area contributed by atoms with Gasteiger partial charge in [-0.1, -0.05) is 58.6 Å². The van der Waals surface area contributed by atoms with E-state index in [9.17, 15) is 9.59 Å². The van der Waals surface area contributed by atoms with E-state index < -0.39 is 0 Å². The van der Waals surface area contributed by atoms with Gasteiger partial charge < -0.3 is 20.3 Å². The molecule has 0 heterocycles. The van der Waals surface area contributed by atoms with Crippen LogP contribution in [0.3, 0.4) is 0 Å². The summed E-state index contributed by atoms with van der Waals surface area (Å²) in [5.41, 5.74) is 2.08. The van der Waals surface area contributed by atoms with Gasteiger partial charge in [0.2, 0.25) is 5.91 Å². The molecule has 186 valence electrons. The lowest BCUT2D eigenvalue weighted by atomic mass is 10.1. The lowest BCUT2D eigenvalue weighted by molar-refractivity contribution is -0.114. The highest BCUT2D eigenvalue weighted by Gasteiger charge is 2.14. The Morgan fingerprint density at radius 2 is 1.53 bits per heavy atom. The molecule has 2 N–H and O–H groups in total. The van der Waals surface area contributed by atoms with Crippen molar-refractivity contribution < 1.29 is 14.3 Å². The van der Waals surface area contributed by atoms with Crippen LogP contribution < -0.4 is 15.4 Å². The average molecular weight is 468 g/mol. The minimum atomic E-state index is -0.160. The summed E-state index contributed by atoms with van der Waals surface area (Å²) < 4.78 is 5.82. The topological polar surface area (TPSA) is 70.7 Å². The number of hydrogen-bond acceptors (Lipinski definition) is 4. The SMILES string of the molecule is CCCCCCCOc1cccc(NC(=O)CNc2cccc(C(=O)N(CCC)CCC)c2)c1. The lowest BCUT2D eigenvalue weighted by Crippen LogP contribution is -2.32. The molecule has 34 heavy (non-hydrogen) atoms. The summed E-state index contributed by atoms with van der Waals surface area (Å²) in [4.78, 5) is 27.2. The van der Waals surface area contributed by atoms with Gasteiger partial charge in [0, 0.05) is 36.1 Å². The predicted octanol–water partition coefficient (Wildman–Crippen LogP) is 6.35. The molecule has 0 saturated heterocycles. The Hall–Kier alpha value is -3.02. The normalized spacial score (nSPS) is 10.6. The van der Waals surface area contributed by atoms with E-state index in [0.717, 1.165) is 43.8 Å². The number of nitrogens with one attached hydrogen (secondary N) is 2. The standard InChI is InChI=1S/C28H41N3O3/c1-4-7-8-9-10-19-34-26-16-12-15-25(21-26)30-27(32)22-29-24-14-11-13-23(20-24)28(33)31(17-5-2)18-6-3/h11-16,20-21,29H,4-10,17-19,22H2,1-3H3,(H,30,32). The molecule has 2 aromatic carbocycles. The van der Waals surface area contributed by atoms with Crippen LogP contribution >= 0.6 is 0 Å². The Morgan fingerprint density at radius 1 is 0.824 bits per heavy atom. The van der Waals surface area contributed by atoms with Crippen molar-refractivity contribution in [1.29, 1.82) is 0 Å². The largest absolute Gasteiger partial charge is 0.494 e. The molecule has 6 nitrogen and oxygen atoms in total. The molecule has 0 fully saturated rings. The molecule has 2 amide bonds. The minimum absolute atomic E-state index is 0.0268. The Balaban J connectivity index is 1.84. The maximum absolute atomic E-state index is 12.8. The summed E-state index contributed by atoms with van der Waals surface area (Å²) in [7, 11) is 0. The maximum Gasteiger partial charge on any atom is 0.253 e. The van der Waals surface area contributed by atoms with Crippen LogP contribution in [-0.4, -0.2) is 43.0 Å². The molecule has 0 unspecified atom stereocenters. The van der Waals surface area contributed by atoms with E-state index in [1.54, 1.807) is 0 Å². The summed E-state index contributed by atoms with van der Waals surface area (Å²) in [6.45, 7) is 8.63. The van der Waals surface area contributed by atoms with Gasteiger partial charge in [-0.25, -0.2) is 0 Å². The zero-order valence-corrected chi connectivity index (χ0v) is 21.1. The Labute approximate surface area is 205 Å². The van der Waals surface area contributed by atoms with Crippen LogP contribution in [0, 0.1) is 0 Å². The predicted molar refractivity (Wildman–Crippen MR) is 141 cm³/mol. The van der Waals surface area contributed by atoms with Gasteiger partial charge in [-0.05, 0) is 49.6 Å². The second-order valence-corrected chi connectivity index (χ2v) is 8.57. The second kappa shape index (κ2) is 15.8. The number of hydrogen-bond donors (Lipinski definition) is 2. The van der Waals surface area contributed by atoms with Crippen molar-refractivity contribution in [2.45, 2.75) is 65.7 Å². The molecular formula is C28H41N3O3. The van der Waals surface area contributed by atoms with Crippen molar-refractivity contribution in [3.63, 3.8) is 0 Å². The van der Waals surface area contributed by atoms with Gasteiger partial charge in [-0.2, -0.15) is 0 Å². The quantitative estimate of drug-likeness (QED) is 0.282. The van der Waals surface area contributed by atoms with Crippen LogP contribution in [-0.2, 0) is 4.79 Å². The molecule has 0 bridgehead atoms. The smallest absolute Gasteiger partial charge is 0.253 e. The monoisotopic (exact) mass is 467 g/mol. The molecular weight excluding hydrogens is 426 g/mol. The van der Waals surface area contributed by atoms with E-state index in [-0.39, 0.29) is 18.4 Å². The summed E-state index contributed by atoms with van der Waals surface area (Å²) in [5.74, 6) is 0.627. The summed E-state index contributed by atoms with van der Waals surface area (Å²) in [6, 6.07) is 14.8. The van der Waals surface area contributed by atoms with Crippen molar-refractivity contribution in [2.75, 3.05) is 36.9 Å². The van der Waals surface area contributed by atoms with E-state index in [0.29, 0.717) is 17.9 Å². The minimum Gasteiger partial charge on any atom is -0.494 e. The van der Waals surface area contributed by atoms with Gasteiger partial charge >= 0.3 is 0 Å². The Kier molecular flexibility index (Phi) is 12.6. The first kappa shape index (κ1) is 27.2. The first-order valence-electron chi connectivity index (χ1n) is 12.7. The van der Waals surface area contributed by atoms with Crippen LogP contribution in [0.15, 0.2) is 48.5 Å². The lowest BCUT2D eigenvalue weighted by Gasteiger charge is -2.21. The highest BCUT2D eigenvalue weighted by molar-refractivity contribution is 5.96. The highest BCUT2D eigenvalue weighted by atomic mass is 16.5. The number of benzene rings is 2. The van der Waals surface area contributed by atoms with Gasteiger partial charge in [0.15, 0.2) is 0 Å². The fraction of sp³-hybridized carbons (Fsp3) is 0.500. The van der Waals surface area contributed by atoms with E-state index in [2.05, 4.69) is 31.4 Å². The fourth-order valence-corrected chi connectivity index (χ4v) is 3.75. The number of anilines is 2. The molecule has 6 heteroatoms. The van der Waals surface area contributed by atoms with E-state index in [4.69, 9.17) is 4.74 Å². The number of unbranched alkanes of at least 4 members (excludes halogenated alkanes) is 4. The molecule has 0 aliphatic rings. The van der Waals surface area contributed by atoms with Gasteiger partial charge in [-0.3, -0.25) is 9.59 Å². The number of rotatable bonds is 16. The molecule has 0 saturated carbocycles. The average Bonchev–Trinajstić information content (AvgIpc) is 2.85. The molecule has 0 atom stereocenters. The molecule has 0 spiro atoms. The maximum atomic E-state index is 12.8. The number of carbonyl (C=O) groups is 2. The molecule has 0 aromatic heterocycles. The first-order chi connectivity index (χ1) is 16.6. The number of carbonyl (C=O) groups excluding carboxylic acids is 2. The van der Waals surface area contributed by atoms with Crippen LogP contribution in [0.1, 0.15) is 76.1 Å². The molecule has 0 aliphatic heterocycles.